The van der Waals surface area contributed by atoms with E-state index < -0.39 is 10.0 Å². The van der Waals surface area contributed by atoms with Gasteiger partial charge in [0.05, 0.1) is 4.90 Å². The molecule has 0 saturated carbocycles. The smallest absolute Gasteiger partial charge is 0.243 e. The summed E-state index contributed by atoms with van der Waals surface area (Å²) in [6.07, 6.45) is 3.08. The number of halogens is 1. The van der Waals surface area contributed by atoms with Crippen molar-refractivity contribution in [2.75, 3.05) is 18.8 Å². The van der Waals surface area contributed by atoms with Crippen molar-refractivity contribution in [1.82, 2.24) is 4.31 Å². The molecule has 2 N–H and O–H groups in total. The van der Waals surface area contributed by atoms with Gasteiger partial charge in [-0.2, -0.15) is 4.31 Å². The molecule has 19 heavy (non-hydrogen) atoms. The van der Waals surface area contributed by atoms with Crippen molar-refractivity contribution < 1.29 is 8.42 Å². The highest BCUT2D eigenvalue weighted by Crippen LogP contribution is 2.28. The molecule has 0 radical (unpaired) electrons. The van der Waals surface area contributed by atoms with E-state index in [0.29, 0.717) is 34.1 Å². The number of piperidine rings is 1. The summed E-state index contributed by atoms with van der Waals surface area (Å²) in [6.45, 7) is 3.35. The van der Waals surface area contributed by atoms with Gasteiger partial charge in [0, 0.05) is 23.2 Å². The highest BCUT2D eigenvalue weighted by Gasteiger charge is 2.29. The Morgan fingerprint density at radius 2 is 2.21 bits per heavy atom. The number of benzene rings is 1. The van der Waals surface area contributed by atoms with Crippen molar-refractivity contribution in [2.45, 2.75) is 31.1 Å². The maximum Gasteiger partial charge on any atom is 0.243 e. The van der Waals surface area contributed by atoms with Crippen LogP contribution in [0.25, 0.3) is 0 Å². The van der Waals surface area contributed by atoms with Crippen LogP contribution in [0.5, 0.6) is 0 Å². The Labute approximate surface area is 123 Å². The van der Waals surface area contributed by atoms with E-state index >= 15 is 0 Å². The lowest BCUT2D eigenvalue weighted by atomic mass is 9.97. The molecule has 1 aromatic rings. The third-order valence-corrected chi connectivity index (χ3v) is 6.22. The number of nitrogens with zero attached hydrogens (tertiary/aromatic N) is 1. The fraction of sp³-hybridized carbons (Fsp3) is 0.538. The van der Waals surface area contributed by atoms with Crippen LogP contribution in [0.3, 0.4) is 0 Å². The Kier molecular flexibility index (Phi) is 4.53. The zero-order valence-electron chi connectivity index (χ0n) is 11.0. The van der Waals surface area contributed by atoms with Crippen LogP contribution >= 0.6 is 15.9 Å². The normalized spacial score (nSPS) is 21.5. The zero-order chi connectivity index (χ0) is 14.0. The van der Waals surface area contributed by atoms with Gasteiger partial charge in [0.2, 0.25) is 10.0 Å². The van der Waals surface area contributed by atoms with Gasteiger partial charge in [-0.15, -0.1) is 0 Å². The number of hydrogen-bond donors (Lipinski definition) is 1. The van der Waals surface area contributed by atoms with Crippen LogP contribution in [0.4, 0.5) is 5.69 Å². The summed E-state index contributed by atoms with van der Waals surface area (Å²) < 4.78 is 27.4. The molecule has 1 unspecified atom stereocenters. The van der Waals surface area contributed by atoms with Crippen LogP contribution in [-0.4, -0.2) is 25.8 Å². The van der Waals surface area contributed by atoms with E-state index in [1.807, 2.05) is 0 Å². The van der Waals surface area contributed by atoms with Gasteiger partial charge in [0.15, 0.2) is 0 Å². The summed E-state index contributed by atoms with van der Waals surface area (Å²) in [6, 6.07) is 4.78. The molecule has 1 fully saturated rings. The number of anilines is 1. The van der Waals surface area contributed by atoms with E-state index in [1.165, 1.54) is 0 Å². The van der Waals surface area contributed by atoms with Gasteiger partial charge >= 0.3 is 0 Å². The Morgan fingerprint density at radius 1 is 1.47 bits per heavy atom. The molecule has 6 heteroatoms. The Morgan fingerprint density at radius 3 is 2.84 bits per heavy atom. The first-order valence-electron chi connectivity index (χ1n) is 6.50. The molecule has 0 amide bonds. The summed E-state index contributed by atoms with van der Waals surface area (Å²) in [5.74, 6) is 0.473. The van der Waals surface area contributed by atoms with Gasteiger partial charge in [-0.3, -0.25) is 0 Å². The number of nitrogen functional groups attached to an aromatic ring is 1. The number of sulfonamides is 1. The predicted molar refractivity (Wildman–Crippen MR) is 80.3 cm³/mol. The molecule has 0 aliphatic carbocycles. The molecule has 1 aromatic carbocycles. The monoisotopic (exact) mass is 346 g/mol. The number of rotatable bonds is 3. The third kappa shape index (κ3) is 3.12. The van der Waals surface area contributed by atoms with E-state index in [0.717, 1.165) is 19.3 Å². The minimum Gasteiger partial charge on any atom is -0.398 e. The highest BCUT2D eigenvalue weighted by atomic mass is 79.9. The second kappa shape index (κ2) is 5.81. The zero-order valence-corrected chi connectivity index (χ0v) is 13.4. The Bertz CT molecular complexity index is 560. The lowest BCUT2D eigenvalue weighted by Crippen LogP contribution is -2.39. The minimum atomic E-state index is -3.40. The molecule has 106 valence electrons. The second-order valence-electron chi connectivity index (χ2n) is 4.96. The van der Waals surface area contributed by atoms with Gasteiger partial charge in [0.1, 0.15) is 0 Å². The summed E-state index contributed by atoms with van der Waals surface area (Å²) >= 11 is 3.28. The lowest BCUT2D eigenvalue weighted by Gasteiger charge is -2.31. The third-order valence-electron chi connectivity index (χ3n) is 3.67. The van der Waals surface area contributed by atoms with Crippen LogP contribution < -0.4 is 5.73 Å². The molecular weight excluding hydrogens is 328 g/mol. The number of nitrogens with two attached hydrogens (primary N) is 1. The molecule has 1 saturated heterocycles. The molecule has 2 rings (SSSR count). The van der Waals surface area contributed by atoms with Crippen molar-refractivity contribution in [3.63, 3.8) is 0 Å². The molecular formula is C13H19BrN2O2S. The molecule has 0 bridgehead atoms. The van der Waals surface area contributed by atoms with Crippen LogP contribution in [-0.2, 0) is 10.0 Å². The molecule has 0 aromatic heterocycles. The maximum absolute atomic E-state index is 12.6. The van der Waals surface area contributed by atoms with E-state index in [-0.39, 0.29) is 0 Å². The molecule has 1 aliphatic heterocycles. The van der Waals surface area contributed by atoms with E-state index in [2.05, 4.69) is 22.9 Å². The summed E-state index contributed by atoms with van der Waals surface area (Å²) in [5.41, 5.74) is 6.24. The first-order valence-corrected chi connectivity index (χ1v) is 8.73. The van der Waals surface area contributed by atoms with Crippen molar-refractivity contribution in [3.8, 4) is 0 Å². The van der Waals surface area contributed by atoms with Gasteiger partial charge in [-0.1, -0.05) is 13.3 Å². The average molecular weight is 347 g/mol. The van der Waals surface area contributed by atoms with Crippen LogP contribution in [0, 0.1) is 5.92 Å². The predicted octanol–water partition coefficient (Wildman–Crippen LogP) is 2.84. The topological polar surface area (TPSA) is 63.4 Å². The van der Waals surface area contributed by atoms with Gasteiger partial charge < -0.3 is 5.73 Å². The largest absolute Gasteiger partial charge is 0.398 e. The SMILES string of the molecule is CCC1CCCN(S(=O)(=O)c2ccc(N)c(Br)c2)C1. The highest BCUT2D eigenvalue weighted by molar-refractivity contribution is 9.10. The Balaban J connectivity index is 2.28. The molecule has 4 nitrogen and oxygen atoms in total. The van der Waals surface area contributed by atoms with Crippen molar-refractivity contribution in [1.29, 1.82) is 0 Å². The van der Waals surface area contributed by atoms with Crippen LogP contribution in [0.1, 0.15) is 26.2 Å². The van der Waals surface area contributed by atoms with Gasteiger partial charge in [-0.25, -0.2) is 8.42 Å². The lowest BCUT2D eigenvalue weighted by molar-refractivity contribution is 0.261. The van der Waals surface area contributed by atoms with Gasteiger partial charge in [-0.05, 0) is 52.9 Å². The second-order valence-corrected chi connectivity index (χ2v) is 7.76. The quantitative estimate of drug-likeness (QED) is 0.856. The van der Waals surface area contributed by atoms with Gasteiger partial charge in [0.25, 0.3) is 0 Å². The fourth-order valence-corrected chi connectivity index (χ4v) is 4.51. The fourth-order valence-electron chi connectivity index (χ4n) is 2.40. The molecule has 1 heterocycles. The van der Waals surface area contributed by atoms with E-state index in [1.54, 1.807) is 22.5 Å². The van der Waals surface area contributed by atoms with Crippen molar-refractivity contribution >= 4 is 31.6 Å². The molecule has 1 atom stereocenters. The molecule has 1 aliphatic rings. The molecule has 0 spiro atoms. The summed E-state index contributed by atoms with van der Waals surface area (Å²) in [7, 11) is -3.40. The van der Waals surface area contributed by atoms with E-state index in [4.69, 9.17) is 5.73 Å². The first-order chi connectivity index (χ1) is 8.95. The Hall–Kier alpha value is -0.590. The summed E-state index contributed by atoms with van der Waals surface area (Å²) in [4.78, 5) is 0.310. The van der Waals surface area contributed by atoms with Crippen LogP contribution in [0.15, 0.2) is 27.6 Å². The minimum absolute atomic E-state index is 0.310. The number of hydrogen-bond acceptors (Lipinski definition) is 3. The van der Waals surface area contributed by atoms with Crippen molar-refractivity contribution in [2.24, 2.45) is 5.92 Å². The maximum atomic E-state index is 12.6. The average Bonchev–Trinajstić information content (AvgIpc) is 2.41. The van der Waals surface area contributed by atoms with Crippen molar-refractivity contribution in [3.05, 3.63) is 22.7 Å². The summed E-state index contributed by atoms with van der Waals surface area (Å²) in [5, 5.41) is 0. The standard InChI is InChI=1S/C13H19BrN2O2S/c1-2-10-4-3-7-16(9-10)19(17,18)11-5-6-13(15)12(14)8-11/h5-6,8,10H,2-4,7,9,15H2,1H3. The first kappa shape index (κ1) is 14.8. The van der Waals surface area contributed by atoms with E-state index in [9.17, 15) is 8.42 Å². The van der Waals surface area contributed by atoms with Crippen LogP contribution in [0.2, 0.25) is 0 Å².